The summed E-state index contributed by atoms with van der Waals surface area (Å²) in [5, 5.41) is 4.90. The zero-order chi connectivity index (χ0) is 41.2. The third-order valence-corrected chi connectivity index (χ3v) is 15.2. The van der Waals surface area contributed by atoms with Crippen LogP contribution in [0.25, 0.3) is 55.0 Å². The Morgan fingerprint density at radius 1 is 0.525 bits per heavy atom. The van der Waals surface area contributed by atoms with Crippen LogP contribution in [0.2, 0.25) is 0 Å². The molecule has 294 valence electrons. The SMILES string of the molecule is CC1(C)CCC(C)(C)c2cc3c(cc21)-c1c2c(cc4oc5ccccc5c14)N1c4cc5ccccc5cc4C(C)(C)c4cccc(c41)B2N3c1ccc(-c2ccccc2)cc1. The van der Waals surface area contributed by atoms with Crippen molar-refractivity contribution in [2.24, 2.45) is 0 Å². The van der Waals surface area contributed by atoms with Crippen LogP contribution in [0.5, 0.6) is 0 Å². The molecule has 61 heavy (non-hydrogen) atoms. The minimum atomic E-state index is -0.242. The summed E-state index contributed by atoms with van der Waals surface area (Å²) in [6.45, 7) is 14.6. The first kappa shape index (κ1) is 35.3. The van der Waals surface area contributed by atoms with Gasteiger partial charge in [-0.25, -0.2) is 0 Å². The third kappa shape index (κ3) is 4.66. The van der Waals surface area contributed by atoms with Crippen LogP contribution in [0.3, 0.4) is 0 Å². The summed E-state index contributed by atoms with van der Waals surface area (Å²) >= 11 is 0. The van der Waals surface area contributed by atoms with Gasteiger partial charge in [0.25, 0.3) is 0 Å². The minimum absolute atomic E-state index is 0.0330. The van der Waals surface area contributed by atoms with Gasteiger partial charge in [0.05, 0.1) is 5.69 Å². The molecule has 4 aliphatic rings. The molecule has 0 unspecified atom stereocenters. The summed E-state index contributed by atoms with van der Waals surface area (Å²) in [4.78, 5) is 5.32. The molecule has 1 aromatic heterocycles. The predicted octanol–water partition coefficient (Wildman–Crippen LogP) is 14.1. The molecule has 1 aliphatic carbocycles. The highest BCUT2D eigenvalue weighted by molar-refractivity contribution is 6.94. The van der Waals surface area contributed by atoms with Crippen molar-refractivity contribution >= 4 is 78.9 Å². The molecule has 0 spiro atoms. The lowest BCUT2D eigenvalue weighted by Crippen LogP contribution is -2.62. The van der Waals surface area contributed by atoms with E-state index in [0.29, 0.717) is 0 Å². The van der Waals surface area contributed by atoms with Crippen LogP contribution in [-0.2, 0) is 16.2 Å². The number of nitrogens with zero attached hydrogens (tertiary/aromatic N) is 2. The largest absolute Gasteiger partial charge is 0.456 e. The molecule has 0 radical (unpaired) electrons. The van der Waals surface area contributed by atoms with Crippen LogP contribution in [0.15, 0.2) is 156 Å². The Balaban J connectivity index is 1.20. The molecule has 0 atom stereocenters. The number of fused-ring (bicyclic) bond motifs is 12. The quantitative estimate of drug-likeness (QED) is 0.163. The van der Waals surface area contributed by atoms with E-state index in [1.54, 1.807) is 0 Å². The van der Waals surface area contributed by atoms with Crippen molar-refractivity contribution in [1.82, 2.24) is 0 Å². The normalized spacial score (nSPS) is 17.2. The maximum atomic E-state index is 6.98. The Morgan fingerprint density at radius 3 is 1.97 bits per heavy atom. The van der Waals surface area contributed by atoms with Gasteiger partial charge < -0.3 is 14.1 Å². The number of hydrogen-bond acceptors (Lipinski definition) is 3. The number of para-hydroxylation sites is 2. The second-order valence-electron chi connectivity index (χ2n) is 19.9. The molecular weight excluding hydrogens is 739 g/mol. The molecule has 0 fully saturated rings. The molecule has 13 rings (SSSR count). The lowest BCUT2D eigenvalue weighted by atomic mass is 9.42. The maximum Gasteiger partial charge on any atom is 0.333 e. The Bertz CT molecular complexity index is 3350. The van der Waals surface area contributed by atoms with Crippen LogP contribution >= 0.6 is 0 Å². The van der Waals surface area contributed by atoms with E-state index in [0.717, 1.165) is 24.0 Å². The fraction of sp³-hybridized carbons (Fsp3) is 0.193. The van der Waals surface area contributed by atoms with Crippen molar-refractivity contribution in [3.8, 4) is 22.3 Å². The highest BCUT2D eigenvalue weighted by Gasteiger charge is 2.51. The summed E-state index contributed by atoms with van der Waals surface area (Å²) < 4.78 is 6.98. The number of rotatable bonds is 2. The van der Waals surface area contributed by atoms with E-state index in [-0.39, 0.29) is 23.1 Å². The smallest absolute Gasteiger partial charge is 0.333 e. The molecule has 9 aromatic rings. The summed E-state index contributed by atoms with van der Waals surface area (Å²) in [5.74, 6) is 0. The highest BCUT2D eigenvalue weighted by atomic mass is 16.3. The van der Waals surface area contributed by atoms with Crippen molar-refractivity contribution in [2.75, 3.05) is 9.71 Å². The number of anilines is 5. The van der Waals surface area contributed by atoms with Gasteiger partial charge in [0.15, 0.2) is 0 Å². The minimum Gasteiger partial charge on any atom is -0.456 e. The lowest BCUT2D eigenvalue weighted by molar-refractivity contribution is 0.332. The molecular formula is C57H47BN2O. The van der Waals surface area contributed by atoms with Gasteiger partial charge >= 0.3 is 6.85 Å². The average molecular weight is 787 g/mol. The number of hydrogen-bond donors (Lipinski definition) is 0. The Hall–Kier alpha value is -6.52. The average Bonchev–Trinajstić information content (AvgIpc) is 3.65. The summed E-state index contributed by atoms with van der Waals surface area (Å²) in [5.41, 5.74) is 21.2. The first-order valence-corrected chi connectivity index (χ1v) is 22.1. The van der Waals surface area contributed by atoms with E-state index in [9.17, 15) is 0 Å². The first-order chi connectivity index (χ1) is 29.5. The van der Waals surface area contributed by atoms with Gasteiger partial charge in [-0.15, -0.1) is 0 Å². The van der Waals surface area contributed by atoms with Gasteiger partial charge in [-0.2, -0.15) is 0 Å². The van der Waals surface area contributed by atoms with Crippen molar-refractivity contribution in [3.05, 3.63) is 174 Å². The fourth-order valence-corrected chi connectivity index (χ4v) is 11.9. The van der Waals surface area contributed by atoms with Gasteiger partial charge in [0.2, 0.25) is 0 Å². The predicted molar refractivity (Wildman–Crippen MR) is 258 cm³/mol. The van der Waals surface area contributed by atoms with Crippen molar-refractivity contribution < 1.29 is 4.42 Å². The van der Waals surface area contributed by atoms with Crippen LogP contribution in [0.4, 0.5) is 28.4 Å². The van der Waals surface area contributed by atoms with Gasteiger partial charge in [0, 0.05) is 50.6 Å². The molecule has 0 saturated carbocycles. The van der Waals surface area contributed by atoms with Crippen LogP contribution < -0.4 is 20.6 Å². The lowest BCUT2D eigenvalue weighted by Gasteiger charge is -2.51. The van der Waals surface area contributed by atoms with Gasteiger partial charge in [-0.05, 0) is 127 Å². The van der Waals surface area contributed by atoms with Crippen molar-refractivity contribution in [3.63, 3.8) is 0 Å². The van der Waals surface area contributed by atoms with E-state index < -0.39 is 0 Å². The second-order valence-corrected chi connectivity index (χ2v) is 19.9. The van der Waals surface area contributed by atoms with Crippen molar-refractivity contribution in [1.29, 1.82) is 0 Å². The highest BCUT2D eigenvalue weighted by Crippen LogP contribution is 2.58. The summed E-state index contributed by atoms with van der Waals surface area (Å²) in [7, 11) is 0. The molecule has 0 amide bonds. The molecule has 3 aliphatic heterocycles. The van der Waals surface area contributed by atoms with E-state index >= 15 is 0 Å². The molecule has 0 bridgehead atoms. The van der Waals surface area contributed by atoms with E-state index in [2.05, 4.69) is 203 Å². The Labute approximate surface area is 358 Å². The molecule has 4 heteroatoms. The monoisotopic (exact) mass is 786 g/mol. The second kappa shape index (κ2) is 11.9. The van der Waals surface area contributed by atoms with E-state index in [1.165, 1.54) is 105 Å². The zero-order valence-corrected chi connectivity index (χ0v) is 35.7. The molecule has 4 heterocycles. The van der Waals surface area contributed by atoms with Crippen LogP contribution in [0, 0.1) is 0 Å². The van der Waals surface area contributed by atoms with Crippen LogP contribution in [-0.4, -0.2) is 6.85 Å². The molecule has 0 saturated heterocycles. The Kier molecular flexibility index (Phi) is 6.85. The zero-order valence-electron chi connectivity index (χ0n) is 35.7. The summed E-state index contributed by atoms with van der Waals surface area (Å²) in [6.07, 6.45) is 2.31. The van der Waals surface area contributed by atoms with Crippen LogP contribution in [0.1, 0.15) is 76.6 Å². The fourth-order valence-electron chi connectivity index (χ4n) is 11.9. The van der Waals surface area contributed by atoms with Gasteiger partial charge in [-0.1, -0.05) is 145 Å². The molecule has 0 N–H and O–H groups in total. The number of benzene rings is 8. The molecule has 3 nitrogen and oxygen atoms in total. The van der Waals surface area contributed by atoms with Gasteiger partial charge in [0.1, 0.15) is 11.2 Å². The van der Waals surface area contributed by atoms with Gasteiger partial charge in [-0.3, -0.25) is 0 Å². The van der Waals surface area contributed by atoms with Crippen molar-refractivity contribution in [2.45, 2.75) is 70.6 Å². The molecule has 8 aromatic carbocycles. The maximum absolute atomic E-state index is 6.98. The standard InChI is InChI=1S/C57H47BN2O/c1-55(2)27-28-56(3,4)43-32-46-40(31-42(43)55)52-51-39-19-12-13-22-49(39)61-50(51)33-48-53(52)58(60(46)38-25-23-35(24-26-38)34-15-8-7-9-16-34)45-21-14-20-41-54(45)59(48)47-30-37-18-11-10-17-36(37)29-44(47)57(41,5)6/h7-26,29-33H,27-28H2,1-6H3. The summed E-state index contributed by atoms with van der Waals surface area (Å²) in [6, 6.07) is 57.3. The first-order valence-electron chi connectivity index (χ1n) is 22.1. The Morgan fingerprint density at radius 2 is 1.20 bits per heavy atom. The van der Waals surface area contributed by atoms with E-state index in [1.807, 2.05) is 0 Å². The third-order valence-electron chi connectivity index (χ3n) is 15.2. The topological polar surface area (TPSA) is 19.6 Å². The number of furan rings is 1. The van der Waals surface area contributed by atoms with E-state index in [4.69, 9.17) is 4.42 Å².